The van der Waals surface area contributed by atoms with Crippen molar-refractivity contribution >= 4 is 21.9 Å². The first-order chi connectivity index (χ1) is 8.22. The maximum absolute atomic E-state index is 11.8. The number of carbonyl (C=O) groups is 1. The Morgan fingerprint density at radius 2 is 2.24 bits per heavy atom. The van der Waals surface area contributed by atoms with Gasteiger partial charge in [0.25, 0.3) is 0 Å². The predicted molar refractivity (Wildman–Crippen MR) is 65.9 cm³/mol. The van der Waals surface area contributed by atoms with Gasteiger partial charge < -0.3 is 9.30 Å². The smallest absolute Gasteiger partial charge is 0.314 e. The molecule has 1 atom stereocenters. The summed E-state index contributed by atoms with van der Waals surface area (Å²) in [6, 6.07) is 0. The van der Waals surface area contributed by atoms with Gasteiger partial charge in [-0.25, -0.2) is 4.98 Å². The lowest BCUT2D eigenvalue weighted by atomic mass is 9.96. The lowest BCUT2D eigenvalue weighted by molar-refractivity contribution is -0.143. The van der Waals surface area contributed by atoms with Gasteiger partial charge in [0.1, 0.15) is 10.4 Å². The Labute approximate surface area is 108 Å². The van der Waals surface area contributed by atoms with Crippen molar-refractivity contribution in [2.24, 2.45) is 0 Å². The first kappa shape index (κ1) is 11.3. The normalized spacial score (nSPS) is 23.3. The third kappa shape index (κ3) is 1.80. The summed E-state index contributed by atoms with van der Waals surface area (Å²) in [6.45, 7) is 0.979. The molecule has 2 heterocycles. The number of ether oxygens (including phenoxy) is 1. The standard InChI is InChI=1S/C12H15BrN2O2/c1-17-12(16)8-3-2-6-15-9(8)10(13)14-11(15)7-4-5-7/h7-8H,2-6H2,1H3. The zero-order chi connectivity index (χ0) is 12.0. The van der Waals surface area contributed by atoms with Crippen LogP contribution in [-0.2, 0) is 16.1 Å². The van der Waals surface area contributed by atoms with Crippen LogP contribution < -0.4 is 0 Å². The molecule has 1 fully saturated rings. The Morgan fingerprint density at radius 1 is 1.47 bits per heavy atom. The first-order valence-electron chi connectivity index (χ1n) is 6.06. The number of esters is 1. The number of nitrogens with zero attached hydrogens (tertiary/aromatic N) is 2. The number of methoxy groups -OCH3 is 1. The Kier molecular flexibility index (Phi) is 2.73. The number of fused-ring (bicyclic) bond motifs is 1. The van der Waals surface area contributed by atoms with Gasteiger partial charge in [-0.3, -0.25) is 4.79 Å². The van der Waals surface area contributed by atoms with Gasteiger partial charge in [-0.1, -0.05) is 0 Å². The summed E-state index contributed by atoms with van der Waals surface area (Å²) in [7, 11) is 1.45. The highest BCUT2D eigenvalue weighted by Crippen LogP contribution is 2.44. The van der Waals surface area contributed by atoms with Crippen LogP contribution >= 0.6 is 15.9 Å². The molecule has 1 aliphatic heterocycles. The fourth-order valence-corrected chi connectivity index (χ4v) is 3.31. The Balaban J connectivity index is 2.04. The van der Waals surface area contributed by atoms with E-state index in [1.165, 1.54) is 20.0 Å². The Bertz CT molecular complexity index is 465. The van der Waals surface area contributed by atoms with Crippen LogP contribution in [-0.4, -0.2) is 22.6 Å². The molecule has 0 spiro atoms. The molecule has 17 heavy (non-hydrogen) atoms. The molecule has 92 valence electrons. The molecule has 2 aliphatic rings. The highest BCUT2D eigenvalue weighted by Gasteiger charge is 2.37. The van der Waals surface area contributed by atoms with Gasteiger partial charge in [0.2, 0.25) is 0 Å². The van der Waals surface area contributed by atoms with Crippen LogP contribution in [0, 0.1) is 0 Å². The third-order valence-corrected chi connectivity index (χ3v) is 4.21. The SMILES string of the molecule is COC(=O)C1CCCn2c(C3CC3)nc(Br)c21. The summed E-state index contributed by atoms with van der Waals surface area (Å²) in [6.07, 6.45) is 4.34. The van der Waals surface area contributed by atoms with Crippen LogP contribution in [0.1, 0.15) is 49.0 Å². The molecule has 0 saturated heterocycles. The lowest BCUT2D eigenvalue weighted by Crippen LogP contribution is -2.24. The van der Waals surface area contributed by atoms with Crippen molar-refractivity contribution in [2.45, 2.75) is 44.1 Å². The number of hydrogen-bond acceptors (Lipinski definition) is 3. The molecule has 0 N–H and O–H groups in total. The van der Waals surface area contributed by atoms with Crippen LogP contribution in [0.3, 0.4) is 0 Å². The molecule has 1 unspecified atom stereocenters. The van der Waals surface area contributed by atoms with E-state index in [2.05, 4.69) is 25.5 Å². The summed E-state index contributed by atoms with van der Waals surface area (Å²) < 4.78 is 7.94. The summed E-state index contributed by atoms with van der Waals surface area (Å²) in [5, 5.41) is 0. The van der Waals surface area contributed by atoms with E-state index in [0.717, 1.165) is 35.5 Å². The maximum Gasteiger partial charge on any atom is 0.314 e. The van der Waals surface area contributed by atoms with Crippen molar-refractivity contribution in [3.05, 3.63) is 16.1 Å². The summed E-state index contributed by atoms with van der Waals surface area (Å²) in [5.41, 5.74) is 1.02. The van der Waals surface area contributed by atoms with E-state index in [1.54, 1.807) is 0 Å². The zero-order valence-electron chi connectivity index (χ0n) is 9.78. The monoisotopic (exact) mass is 298 g/mol. The van der Waals surface area contributed by atoms with Crippen molar-refractivity contribution in [3.63, 3.8) is 0 Å². The molecule has 1 saturated carbocycles. The number of halogens is 1. The molecule has 3 rings (SSSR count). The fourth-order valence-electron chi connectivity index (χ4n) is 2.64. The topological polar surface area (TPSA) is 44.1 Å². The molecule has 1 aliphatic carbocycles. The molecule has 0 radical (unpaired) electrons. The van der Waals surface area contributed by atoms with Crippen LogP contribution in [0.15, 0.2) is 4.60 Å². The van der Waals surface area contributed by atoms with Crippen molar-refractivity contribution < 1.29 is 9.53 Å². The van der Waals surface area contributed by atoms with Gasteiger partial charge >= 0.3 is 5.97 Å². The summed E-state index contributed by atoms with van der Waals surface area (Å²) in [5.74, 6) is 1.47. The van der Waals surface area contributed by atoms with E-state index in [-0.39, 0.29) is 11.9 Å². The fraction of sp³-hybridized carbons (Fsp3) is 0.667. The average molecular weight is 299 g/mol. The number of rotatable bonds is 2. The van der Waals surface area contributed by atoms with Crippen molar-refractivity contribution in [2.75, 3.05) is 7.11 Å². The molecule has 0 bridgehead atoms. The second-order valence-corrected chi connectivity index (χ2v) is 5.54. The molecule has 0 amide bonds. The van der Waals surface area contributed by atoms with E-state index < -0.39 is 0 Å². The molecule has 0 aromatic carbocycles. The van der Waals surface area contributed by atoms with E-state index in [9.17, 15) is 4.79 Å². The van der Waals surface area contributed by atoms with Crippen molar-refractivity contribution in [1.82, 2.24) is 9.55 Å². The minimum atomic E-state index is -0.150. The van der Waals surface area contributed by atoms with Crippen LogP contribution in [0.4, 0.5) is 0 Å². The van der Waals surface area contributed by atoms with Gasteiger partial charge in [-0.05, 0) is 41.6 Å². The quantitative estimate of drug-likeness (QED) is 0.788. The number of imidazole rings is 1. The van der Waals surface area contributed by atoms with Gasteiger partial charge in [0.15, 0.2) is 0 Å². The largest absolute Gasteiger partial charge is 0.469 e. The number of aromatic nitrogens is 2. The molecule has 1 aromatic rings. The van der Waals surface area contributed by atoms with Gasteiger partial charge in [-0.15, -0.1) is 0 Å². The van der Waals surface area contributed by atoms with E-state index in [0.29, 0.717) is 5.92 Å². The summed E-state index contributed by atoms with van der Waals surface area (Å²) >= 11 is 3.50. The molecule has 1 aromatic heterocycles. The minimum Gasteiger partial charge on any atom is -0.469 e. The lowest BCUT2D eigenvalue weighted by Gasteiger charge is -2.23. The van der Waals surface area contributed by atoms with Crippen LogP contribution in [0.25, 0.3) is 0 Å². The first-order valence-corrected chi connectivity index (χ1v) is 6.85. The average Bonchev–Trinajstić information content (AvgIpc) is 3.13. The second-order valence-electron chi connectivity index (χ2n) is 4.79. The highest BCUT2D eigenvalue weighted by atomic mass is 79.9. The van der Waals surface area contributed by atoms with Crippen LogP contribution in [0.5, 0.6) is 0 Å². The predicted octanol–water partition coefficient (Wildman–Crippen LogP) is 2.57. The molecular weight excluding hydrogens is 284 g/mol. The second kappa shape index (κ2) is 4.12. The van der Waals surface area contributed by atoms with Gasteiger partial charge in [-0.2, -0.15) is 0 Å². The molecule has 4 nitrogen and oxygen atoms in total. The van der Waals surface area contributed by atoms with Crippen molar-refractivity contribution in [3.8, 4) is 0 Å². The van der Waals surface area contributed by atoms with E-state index in [4.69, 9.17) is 4.74 Å². The van der Waals surface area contributed by atoms with Gasteiger partial charge in [0, 0.05) is 12.5 Å². The number of hydrogen-bond donors (Lipinski definition) is 0. The Hall–Kier alpha value is -0.840. The van der Waals surface area contributed by atoms with Crippen LogP contribution in [0.2, 0.25) is 0 Å². The maximum atomic E-state index is 11.8. The molecular formula is C12H15BrN2O2. The van der Waals surface area contributed by atoms with Crippen molar-refractivity contribution in [1.29, 1.82) is 0 Å². The third-order valence-electron chi connectivity index (χ3n) is 3.62. The highest BCUT2D eigenvalue weighted by molar-refractivity contribution is 9.10. The number of carbonyl (C=O) groups excluding carboxylic acids is 1. The van der Waals surface area contributed by atoms with Gasteiger partial charge in [0.05, 0.1) is 18.7 Å². The van der Waals surface area contributed by atoms with E-state index in [1.807, 2.05) is 0 Å². The zero-order valence-corrected chi connectivity index (χ0v) is 11.4. The molecule has 5 heteroatoms. The van der Waals surface area contributed by atoms with E-state index >= 15 is 0 Å². The minimum absolute atomic E-state index is 0.145. The summed E-state index contributed by atoms with van der Waals surface area (Å²) in [4.78, 5) is 16.4. The Morgan fingerprint density at radius 3 is 2.88 bits per heavy atom.